The van der Waals surface area contributed by atoms with Crippen LogP contribution in [0.4, 0.5) is 0 Å². The summed E-state index contributed by atoms with van der Waals surface area (Å²) in [5.41, 5.74) is 0. The highest BCUT2D eigenvalue weighted by molar-refractivity contribution is 7.45. The second-order valence-corrected chi connectivity index (χ2v) is 8.91. The van der Waals surface area contributed by atoms with Crippen LogP contribution in [-0.2, 0) is 23.1 Å². The van der Waals surface area contributed by atoms with Crippen LogP contribution >= 0.6 is 7.82 Å². The maximum Gasteiger partial charge on any atom is 0.305 e. The number of hydrogen-bond donors (Lipinski definition) is 3. The third-order valence-corrected chi connectivity index (χ3v) is 5.41. The van der Waals surface area contributed by atoms with E-state index in [2.05, 4.69) is 16.0 Å². The smallest absolute Gasteiger partial charge is 0.305 e. The van der Waals surface area contributed by atoms with E-state index in [9.17, 15) is 19.4 Å². The number of unbranched alkanes of at least 4 members (excludes halogenated alkanes) is 10. The van der Waals surface area contributed by atoms with E-state index in [4.69, 9.17) is 14.9 Å². The SMILES string of the molecule is CCCCCCCCCCCCCC(=O)OC[C@H](O)COP(=O)([O-])OC[C@@H](O)CO. The van der Waals surface area contributed by atoms with Gasteiger partial charge in [0.1, 0.15) is 18.8 Å². The maximum atomic E-state index is 11.7. The number of aliphatic hydroxyl groups is 3. The molecule has 0 amide bonds. The zero-order chi connectivity index (χ0) is 22.7. The molecule has 0 heterocycles. The van der Waals surface area contributed by atoms with Gasteiger partial charge >= 0.3 is 5.97 Å². The lowest BCUT2D eigenvalue weighted by atomic mass is 10.1. The molecule has 30 heavy (non-hydrogen) atoms. The second kappa shape index (κ2) is 19.2. The van der Waals surface area contributed by atoms with Crippen molar-refractivity contribution in [1.29, 1.82) is 0 Å². The molecule has 10 heteroatoms. The van der Waals surface area contributed by atoms with Crippen LogP contribution in [0.2, 0.25) is 0 Å². The molecule has 0 bridgehead atoms. The Bertz CT molecular complexity index is 462. The molecule has 0 aromatic rings. The topological polar surface area (TPSA) is 146 Å². The van der Waals surface area contributed by atoms with Crippen LogP contribution in [0.25, 0.3) is 0 Å². The third-order valence-electron chi connectivity index (χ3n) is 4.48. The van der Waals surface area contributed by atoms with Gasteiger partial charge in [-0.2, -0.15) is 0 Å². The first kappa shape index (κ1) is 29.5. The molecule has 0 aromatic carbocycles. The number of rotatable bonds is 21. The largest absolute Gasteiger partial charge is 0.756 e. The molecule has 0 fully saturated rings. The summed E-state index contributed by atoms with van der Waals surface area (Å²) in [6, 6.07) is 0. The van der Waals surface area contributed by atoms with Crippen LogP contribution in [0.5, 0.6) is 0 Å². The Hall–Kier alpha value is -0.540. The first-order valence-corrected chi connectivity index (χ1v) is 12.5. The minimum absolute atomic E-state index is 0.257. The molecule has 0 aliphatic heterocycles. The molecule has 0 rings (SSSR count). The lowest BCUT2D eigenvalue weighted by molar-refractivity contribution is -0.229. The first-order chi connectivity index (χ1) is 14.3. The van der Waals surface area contributed by atoms with Crippen LogP contribution in [0.15, 0.2) is 0 Å². The molecule has 0 aliphatic carbocycles. The molecular weight excluding hydrogens is 415 g/mol. The number of hydrogen-bond acceptors (Lipinski definition) is 9. The molecule has 9 nitrogen and oxygen atoms in total. The van der Waals surface area contributed by atoms with E-state index in [1.165, 1.54) is 51.4 Å². The number of ether oxygens (including phenoxy) is 1. The van der Waals surface area contributed by atoms with E-state index in [0.717, 1.165) is 19.3 Å². The predicted octanol–water partition coefficient (Wildman–Crippen LogP) is 2.45. The Morgan fingerprint density at radius 3 is 1.80 bits per heavy atom. The van der Waals surface area contributed by atoms with Gasteiger partial charge < -0.3 is 34.0 Å². The Morgan fingerprint density at radius 1 is 0.833 bits per heavy atom. The van der Waals surface area contributed by atoms with Crippen molar-refractivity contribution >= 4 is 13.8 Å². The average Bonchev–Trinajstić information content (AvgIpc) is 2.73. The van der Waals surface area contributed by atoms with Gasteiger partial charge in [-0.25, -0.2) is 0 Å². The standard InChI is InChI=1S/C20H41O9P/c1-2-3-4-5-6-7-8-9-10-11-12-13-20(24)27-15-19(23)17-29-30(25,26)28-16-18(22)14-21/h18-19,21-23H,2-17H2,1H3,(H,25,26)/p-1/t18-,19-/m0/s1. The van der Waals surface area contributed by atoms with E-state index in [1.807, 2.05) is 0 Å². The summed E-state index contributed by atoms with van der Waals surface area (Å²) in [7, 11) is -4.72. The Kier molecular flexibility index (Phi) is 18.8. The van der Waals surface area contributed by atoms with Crippen molar-refractivity contribution < 1.29 is 43.4 Å². The summed E-state index contributed by atoms with van der Waals surface area (Å²) in [6.45, 7) is -0.108. The summed E-state index contributed by atoms with van der Waals surface area (Å²) < 4.78 is 25.1. The zero-order valence-electron chi connectivity index (χ0n) is 18.2. The molecule has 0 aromatic heterocycles. The molecule has 0 saturated heterocycles. The van der Waals surface area contributed by atoms with E-state index in [-0.39, 0.29) is 13.0 Å². The Balaban J connectivity index is 3.60. The van der Waals surface area contributed by atoms with Crippen molar-refractivity contribution in [2.45, 2.75) is 96.2 Å². The molecular formula is C20H40O9P-. The maximum absolute atomic E-state index is 11.7. The van der Waals surface area contributed by atoms with Gasteiger partial charge in [0.2, 0.25) is 0 Å². The normalized spacial score (nSPS) is 15.5. The third kappa shape index (κ3) is 19.4. The summed E-state index contributed by atoms with van der Waals surface area (Å²) in [5.74, 6) is -0.447. The van der Waals surface area contributed by atoms with Gasteiger partial charge in [0, 0.05) is 6.42 Å². The van der Waals surface area contributed by atoms with E-state index in [0.29, 0.717) is 0 Å². The average molecular weight is 456 g/mol. The summed E-state index contributed by atoms with van der Waals surface area (Å²) in [4.78, 5) is 23.0. The molecule has 0 radical (unpaired) electrons. The number of phosphoric acid groups is 1. The lowest BCUT2D eigenvalue weighted by Gasteiger charge is -2.24. The predicted molar refractivity (Wildman–Crippen MR) is 111 cm³/mol. The van der Waals surface area contributed by atoms with Crippen LogP contribution < -0.4 is 4.89 Å². The van der Waals surface area contributed by atoms with E-state index >= 15 is 0 Å². The van der Waals surface area contributed by atoms with Crippen LogP contribution in [0.3, 0.4) is 0 Å². The summed E-state index contributed by atoms with van der Waals surface area (Å²) >= 11 is 0. The number of aliphatic hydroxyl groups excluding tert-OH is 3. The van der Waals surface area contributed by atoms with Gasteiger partial charge in [-0.15, -0.1) is 0 Å². The van der Waals surface area contributed by atoms with Gasteiger partial charge in [-0.1, -0.05) is 71.1 Å². The van der Waals surface area contributed by atoms with E-state index < -0.39 is 45.8 Å². The fourth-order valence-electron chi connectivity index (χ4n) is 2.69. The quantitative estimate of drug-likeness (QED) is 0.135. The highest BCUT2D eigenvalue weighted by Gasteiger charge is 2.16. The summed E-state index contributed by atoms with van der Waals surface area (Å²) in [5, 5.41) is 27.2. The number of esters is 1. The van der Waals surface area contributed by atoms with Crippen LogP contribution in [0.1, 0.15) is 84.0 Å². The number of carbonyl (C=O) groups excluding carboxylic acids is 1. The monoisotopic (exact) mass is 455 g/mol. The fourth-order valence-corrected chi connectivity index (χ4v) is 3.47. The molecule has 0 aliphatic rings. The summed E-state index contributed by atoms with van der Waals surface area (Å²) in [6.07, 6.45) is 10.6. The first-order valence-electron chi connectivity index (χ1n) is 11.0. The molecule has 3 N–H and O–H groups in total. The van der Waals surface area contributed by atoms with Crippen LogP contribution in [-0.4, -0.2) is 59.9 Å². The van der Waals surface area contributed by atoms with Crippen molar-refractivity contribution in [3.63, 3.8) is 0 Å². The Morgan fingerprint density at radius 2 is 1.30 bits per heavy atom. The van der Waals surface area contributed by atoms with Crippen LogP contribution in [0, 0.1) is 0 Å². The fraction of sp³-hybridized carbons (Fsp3) is 0.950. The molecule has 1 unspecified atom stereocenters. The van der Waals surface area contributed by atoms with E-state index in [1.54, 1.807) is 0 Å². The highest BCUT2D eigenvalue weighted by atomic mass is 31.2. The molecule has 180 valence electrons. The Labute approximate surface area is 180 Å². The van der Waals surface area contributed by atoms with Gasteiger partial charge in [-0.3, -0.25) is 9.36 Å². The molecule has 0 saturated carbocycles. The van der Waals surface area contributed by atoms with Crippen molar-refractivity contribution in [2.24, 2.45) is 0 Å². The van der Waals surface area contributed by atoms with Crippen molar-refractivity contribution in [3.05, 3.63) is 0 Å². The second-order valence-electron chi connectivity index (χ2n) is 7.50. The number of carbonyl (C=O) groups is 1. The van der Waals surface area contributed by atoms with Crippen molar-refractivity contribution in [2.75, 3.05) is 26.4 Å². The van der Waals surface area contributed by atoms with Gasteiger partial charge in [0.05, 0.1) is 19.8 Å². The van der Waals surface area contributed by atoms with Crippen molar-refractivity contribution in [1.82, 2.24) is 0 Å². The van der Waals surface area contributed by atoms with Crippen molar-refractivity contribution in [3.8, 4) is 0 Å². The minimum Gasteiger partial charge on any atom is -0.756 e. The minimum atomic E-state index is -4.72. The number of phosphoric ester groups is 1. The van der Waals surface area contributed by atoms with Gasteiger partial charge in [0.15, 0.2) is 0 Å². The zero-order valence-corrected chi connectivity index (χ0v) is 19.1. The van der Waals surface area contributed by atoms with Gasteiger partial charge in [-0.05, 0) is 6.42 Å². The lowest BCUT2D eigenvalue weighted by Crippen LogP contribution is -2.26. The highest BCUT2D eigenvalue weighted by Crippen LogP contribution is 2.38. The van der Waals surface area contributed by atoms with Gasteiger partial charge in [0.25, 0.3) is 7.82 Å². The molecule has 0 spiro atoms. The molecule has 3 atom stereocenters.